The Morgan fingerprint density at radius 3 is 2.07 bits per heavy atom. The molecule has 0 radical (unpaired) electrons. The highest BCUT2D eigenvalue weighted by molar-refractivity contribution is 7.79. The Kier molecular flexibility index (Phi) is 5.48. The molecule has 0 aromatic heterocycles. The summed E-state index contributed by atoms with van der Waals surface area (Å²) in [5, 5.41) is 1.52. The number of carbonyl (C=O) groups excluding carboxylic acids is 2. The Balaban J connectivity index is 1.82. The minimum absolute atomic E-state index is 0.0776. The van der Waals surface area contributed by atoms with E-state index in [2.05, 4.69) is 0 Å². The smallest absolute Gasteiger partial charge is 0.222 e. The van der Waals surface area contributed by atoms with Gasteiger partial charge in [0.1, 0.15) is 0 Å². The van der Waals surface area contributed by atoms with E-state index in [0.717, 1.165) is 17.0 Å². The lowest BCUT2D eigenvalue weighted by Crippen LogP contribution is -2.39. The number of nitrogens with zero attached hydrogens (tertiary/aromatic N) is 1. The maximum atomic E-state index is 14.8. The van der Waals surface area contributed by atoms with Crippen molar-refractivity contribution >= 4 is 29.3 Å². The predicted molar refractivity (Wildman–Crippen MR) is 117 cm³/mol. The van der Waals surface area contributed by atoms with Crippen molar-refractivity contribution in [2.24, 2.45) is 0 Å². The van der Waals surface area contributed by atoms with Crippen LogP contribution in [0.2, 0.25) is 0 Å². The number of hydrogen-bond acceptors (Lipinski definition) is 5. The van der Waals surface area contributed by atoms with Crippen LogP contribution >= 0.6 is 7.14 Å². The van der Waals surface area contributed by atoms with Crippen LogP contribution in [0, 0.1) is 0 Å². The van der Waals surface area contributed by atoms with Crippen LogP contribution < -0.4 is 10.6 Å². The average molecular weight is 421 g/mol. The van der Waals surface area contributed by atoms with Crippen LogP contribution in [0.15, 0.2) is 83.8 Å². The first-order valence-electron chi connectivity index (χ1n) is 10.0. The Hall–Kier alpha value is -2.91. The number of ketones is 2. The summed E-state index contributed by atoms with van der Waals surface area (Å²) in [4.78, 5) is 27.5. The summed E-state index contributed by atoms with van der Waals surface area (Å²) in [6.07, 6.45) is 2.82. The van der Waals surface area contributed by atoms with Gasteiger partial charge >= 0.3 is 0 Å². The van der Waals surface area contributed by atoms with Crippen molar-refractivity contribution in [3.05, 3.63) is 83.8 Å². The third-order valence-electron chi connectivity index (χ3n) is 5.84. The van der Waals surface area contributed by atoms with E-state index >= 15 is 0 Å². The maximum absolute atomic E-state index is 14.8. The van der Waals surface area contributed by atoms with Crippen LogP contribution in [-0.2, 0) is 18.9 Å². The maximum Gasteiger partial charge on any atom is 0.222 e. The van der Waals surface area contributed by atoms with Gasteiger partial charge in [-0.1, -0.05) is 60.7 Å². The molecule has 6 heteroatoms. The van der Waals surface area contributed by atoms with Crippen molar-refractivity contribution in [1.82, 2.24) is 4.90 Å². The molecule has 1 aliphatic heterocycles. The highest BCUT2D eigenvalue weighted by Gasteiger charge is 2.45. The van der Waals surface area contributed by atoms with E-state index in [-0.39, 0.29) is 23.1 Å². The summed E-state index contributed by atoms with van der Waals surface area (Å²) in [6.45, 7) is 2.18. The molecule has 2 aromatic carbocycles. The van der Waals surface area contributed by atoms with Crippen LogP contribution in [-0.4, -0.2) is 35.9 Å². The van der Waals surface area contributed by atoms with E-state index in [1.165, 1.54) is 13.2 Å². The summed E-state index contributed by atoms with van der Waals surface area (Å²) in [6, 6.07) is 18.9. The molecule has 0 spiro atoms. The first-order chi connectivity index (χ1) is 14.5. The average Bonchev–Trinajstić information content (AvgIpc) is 3.27. The van der Waals surface area contributed by atoms with Crippen LogP contribution in [0.1, 0.15) is 19.8 Å². The van der Waals surface area contributed by atoms with Crippen molar-refractivity contribution in [1.29, 1.82) is 0 Å². The standard InChI is InChI=1S/C24H24NO4P/c1-17-23(27)20(16-21(26)24(17)29-2)25-15-9-14-22(25)30(28,18-10-5-3-6-11-18)19-12-7-4-8-13-19/h3-8,10-13,16,22H,9,14-15H2,1-2H3. The quantitative estimate of drug-likeness (QED) is 0.547. The van der Waals surface area contributed by atoms with E-state index < -0.39 is 7.14 Å². The topological polar surface area (TPSA) is 63.7 Å². The molecular weight excluding hydrogens is 397 g/mol. The highest BCUT2D eigenvalue weighted by Crippen LogP contribution is 2.54. The van der Waals surface area contributed by atoms with Gasteiger partial charge in [-0.05, 0) is 19.8 Å². The number of likely N-dealkylation sites (tertiary alicyclic amines) is 1. The number of hydrogen-bond donors (Lipinski definition) is 0. The number of methoxy groups -OCH3 is 1. The molecule has 4 rings (SSSR count). The third kappa shape index (κ3) is 3.23. The van der Waals surface area contributed by atoms with E-state index in [9.17, 15) is 14.2 Å². The number of rotatable bonds is 5. The second kappa shape index (κ2) is 8.08. The number of carbonyl (C=O) groups is 2. The number of benzene rings is 2. The molecule has 1 aliphatic carbocycles. The van der Waals surface area contributed by atoms with Gasteiger partial charge in [0.05, 0.1) is 18.6 Å². The van der Waals surface area contributed by atoms with Gasteiger partial charge in [0.2, 0.25) is 11.6 Å². The molecule has 2 aromatic rings. The minimum Gasteiger partial charge on any atom is -0.492 e. The minimum atomic E-state index is -3.11. The molecule has 0 amide bonds. The van der Waals surface area contributed by atoms with Gasteiger partial charge in [-0.25, -0.2) is 0 Å². The first kappa shape index (κ1) is 20.4. The van der Waals surface area contributed by atoms with E-state index in [1.807, 2.05) is 65.6 Å². The fraction of sp³-hybridized carbons (Fsp3) is 0.250. The molecule has 30 heavy (non-hydrogen) atoms. The summed E-state index contributed by atoms with van der Waals surface area (Å²) in [5.41, 5.74) is 0.604. The predicted octanol–water partition coefficient (Wildman–Crippen LogP) is 3.38. The van der Waals surface area contributed by atoms with Crippen LogP contribution in [0.4, 0.5) is 0 Å². The largest absolute Gasteiger partial charge is 0.492 e. The van der Waals surface area contributed by atoms with Crippen LogP contribution in [0.25, 0.3) is 0 Å². The van der Waals surface area contributed by atoms with Crippen molar-refractivity contribution in [3.8, 4) is 0 Å². The first-order valence-corrected chi connectivity index (χ1v) is 11.8. The van der Waals surface area contributed by atoms with Gasteiger partial charge in [-0.2, -0.15) is 0 Å². The van der Waals surface area contributed by atoms with Gasteiger partial charge in [0.25, 0.3) is 0 Å². The van der Waals surface area contributed by atoms with Gasteiger partial charge in [-0.3, -0.25) is 9.59 Å². The Morgan fingerprint density at radius 2 is 1.53 bits per heavy atom. The van der Waals surface area contributed by atoms with Crippen LogP contribution in [0.3, 0.4) is 0 Å². The molecule has 0 bridgehead atoms. The molecule has 1 atom stereocenters. The lowest BCUT2D eigenvalue weighted by Gasteiger charge is -2.35. The van der Waals surface area contributed by atoms with Gasteiger partial charge in [0.15, 0.2) is 12.9 Å². The van der Waals surface area contributed by atoms with E-state index in [1.54, 1.807) is 6.92 Å². The molecule has 0 N–H and O–H groups in total. The van der Waals surface area contributed by atoms with Crippen molar-refractivity contribution in [3.63, 3.8) is 0 Å². The number of Topliss-reactive ketones (excluding diaryl/α,β-unsaturated/α-hetero) is 1. The molecule has 5 nitrogen and oxygen atoms in total. The molecule has 1 unspecified atom stereocenters. The number of ether oxygens (including phenoxy) is 1. The van der Waals surface area contributed by atoms with E-state index in [4.69, 9.17) is 4.74 Å². The fourth-order valence-electron chi connectivity index (χ4n) is 4.40. The number of allylic oxidation sites excluding steroid dienone is 2. The molecular formula is C24H24NO4P. The Labute approximate surface area is 176 Å². The normalized spacial score (nSPS) is 19.9. The zero-order chi connectivity index (χ0) is 21.3. The molecule has 0 saturated carbocycles. The highest BCUT2D eigenvalue weighted by atomic mass is 31.2. The van der Waals surface area contributed by atoms with E-state index in [0.29, 0.717) is 24.2 Å². The van der Waals surface area contributed by atoms with Crippen molar-refractivity contribution in [2.45, 2.75) is 25.5 Å². The molecule has 2 aliphatic rings. The van der Waals surface area contributed by atoms with Gasteiger partial charge < -0.3 is 14.2 Å². The Morgan fingerprint density at radius 1 is 0.967 bits per heavy atom. The summed E-state index contributed by atoms with van der Waals surface area (Å²) in [5.74, 6) is -0.883. The summed E-state index contributed by atoms with van der Waals surface area (Å²) in [7, 11) is -1.72. The molecule has 1 heterocycles. The van der Waals surface area contributed by atoms with Gasteiger partial charge in [-0.15, -0.1) is 0 Å². The van der Waals surface area contributed by atoms with Crippen molar-refractivity contribution < 1.29 is 18.9 Å². The lowest BCUT2D eigenvalue weighted by molar-refractivity contribution is -0.119. The second-order valence-electron chi connectivity index (χ2n) is 7.53. The van der Waals surface area contributed by atoms with Gasteiger partial charge in [0, 0.05) is 28.8 Å². The Bertz CT molecular complexity index is 1050. The summed E-state index contributed by atoms with van der Waals surface area (Å²) < 4.78 is 19.9. The zero-order valence-corrected chi connectivity index (χ0v) is 18.0. The monoisotopic (exact) mass is 421 g/mol. The third-order valence-corrected chi connectivity index (χ3v) is 9.35. The molecule has 154 valence electrons. The zero-order valence-electron chi connectivity index (χ0n) is 17.1. The summed E-state index contributed by atoms with van der Waals surface area (Å²) >= 11 is 0. The fourth-order valence-corrected chi connectivity index (χ4v) is 7.80. The molecule has 1 saturated heterocycles. The second-order valence-corrected chi connectivity index (χ2v) is 10.5. The van der Waals surface area contributed by atoms with Crippen molar-refractivity contribution in [2.75, 3.05) is 13.7 Å². The SMILES string of the molecule is COC1=C(C)C(=O)C(N2CCCC2P(=O)(c2ccccc2)c2ccccc2)=CC1=O. The van der Waals surface area contributed by atoms with Crippen LogP contribution in [0.5, 0.6) is 0 Å². The molecule has 1 fully saturated rings. The lowest BCUT2D eigenvalue weighted by atomic mass is 9.99.